The number of carbonyl (C=O) groups is 1. The molecule has 6 heteroatoms. The van der Waals surface area contributed by atoms with Crippen molar-refractivity contribution in [3.05, 3.63) is 69.3 Å². The maximum absolute atomic E-state index is 12.8. The number of halogens is 1. The van der Waals surface area contributed by atoms with Crippen molar-refractivity contribution >= 4 is 60.4 Å². The van der Waals surface area contributed by atoms with Crippen LogP contribution in [0.3, 0.4) is 0 Å². The number of nitrogens with one attached hydrogen (secondary N) is 1. The van der Waals surface area contributed by atoms with Crippen molar-refractivity contribution in [1.29, 1.82) is 0 Å². The van der Waals surface area contributed by atoms with Gasteiger partial charge in [0.2, 0.25) is 0 Å². The molecule has 3 N–H and O–H groups in total. The van der Waals surface area contributed by atoms with Gasteiger partial charge in [0, 0.05) is 43.8 Å². The Bertz CT molecular complexity index is 1400. The highest BCUT2D eigenvalue weighted by molar-refractivity contribution is 9.10. The predicted molar refractivity (Wildman–Crippen MR) is 119 cm³/mol. The Morgan fingerprint density at radius 2 is 1.72 bits per heavy atom. The van der Waals surface area contributed by atoms with E-state index in [1.165, 1.54) is 0 Å². The molecule has 0 aliphatic heterocycles. The second-order valence-electron chi connectivity index (χ2n) is 7.32. The molecule has 0 aliphatic rings. The molecule has 2 aromatic carbocycles. The Kier molecular flexibility index (Phi) is 3.99. The average Bonchev–Trinajstić information content (AvgIpc) is 3.23. The molecule has 0 saturated heterocycles. The number of furan rings is 2. The van der Waals surface area contributed by atoms with Crippen LogP contribution < -0.4 is 11.1 Å². The van der Waals surface area contributed by atoms with Gasteiger partial charge in [-0.15, -0.1) is 0 Å². The van der Waals surface area contributed by atoms with Crippen molar-refractivity contribution in [2.24, 2.45) is 0 Å². The van der Waals surface area contributed by atoms with Crippen molar-refractivity contribution in [2.75, 3.05) is 5.73 Å². The smallest absolute Gasteiger partial charge is 0.251 e. The SMILES string of the molecule is Cc1cc(N)nc(C)c1CNC(=O)c1ccc2c(c1)c1oc2c2ccc(Br)cc21. The van der Waals surface area contributed by atoms with Gasteiger partial charge >= 0.3 is 0 Å². The van der Waals surface area contributed by atoms with E-state index in [-0.39, 0.29) is 5.91 Å². The molecule has 2 bridgehead atoms. The van der Waals surface area contributed by atoms with Crippen molar-refractivity contribution in [3.8, 4) is 0 Å². The van der Waals surface area contributed by atoms with Gasteiger partial charge in [0.15, 0.2) is 0 Å². The number of hydrogen-bond donors (Lipinski definition) is 2. The van der Waals surface area contributed by atoms with E-state index in [1.54, 1.807) is 0 Å². The molecule has 0 radical (unpaired) electrons. The number of carbonyl (C=O) groups excluding carboxylic acids is 1. The highest BCUT2D eigenvalue weighted by Gasteiger charge is 2.19. The second kappa shape index (κ2) is 6.46. The second-order valence-corrected chi connectivity index (χ2v) is 8.24. The minimum Gasteiger partial charge on any atom is -0.455 e. The van der Waals surface area contributed by atoms with E-state index in [0.29, 0.717) is 17.9 Å². The Morgan fingerprint density at radius 1 is 1.03 bits per heavy atom. The quantitative estimate of drug-likeness (QED) is 0.359. The first kappa shape index (κ1) is 17.9. The molecule has 0 aliphatic carbocycles. The number of pyridine rings is 1. The maximum atomic E-state index is 12.8. The first-order valence-electron chi connectivity index (χ1n) is 9.30. The number of nitrogens with two attached hydrogens (primary N) is 1. The molecule has 5 nitrogen and oxygen atoms in total. The predicted octanol–water partition coefficient (Wildman–Crippen LogP) is 5.46. The number of hydrogen-bond acceptors (Lipinski definition) is 4. The normalized spacial score (nSPS) is 11.7. The lowest BCUT2D eigenvalue weighted by molar-refractivity contribution is 0.0951. The fraction of sp³-hybridized carbons (Fsp3) is 0.130. The highest BCUT2D eigenvalue weighted by Crippen LogP contribution is 2.41. The summed E-state index contributed by atoms with van der Waals surface area (Å²) < 4.78 is 7.03. The molecule has 144 valence electrons. The molecule has 29 heavy (non-hydrogen) atoms. The van der Waals surface area contributed by atoms with Gasteiger partial charge in [-0.05, 0) is 67.4 Å². The molecule has 5 aromatic rings. The van der Waals surface area contributed by atoms with Gasteiger partial charge in [-0.1, -0.05) is 15.9 Å². The molecule has 3 heterocycles. The molecule has 0 saturated carbocycles. The van der Waals surface area contributed by atoms with Gasteiger partial charge in [0.05, 0.1) is 0 Å². The van der Waals surface area contributed by atoms with Crippen LogP contribution in [0.2, 0.25) is 0 Å². The lowest BCUT2D eigenvalue weighted by Gasteiger charge is -2.11. The molecule has 1 amide bonds. The average molecular weight is 448 g/mol. The number of rotatable bonds is 3. The molecule has 0 spiro atoms. The number of aromatic nitrogens is 1. The van der Waals surface area contributed by atoms with E-state index in [2.05, 4.69) is 32.3 Å². The van der Waals surface area contributed by atoms with E-state index in [4.69, 9.17) is 10.2 Å². The Hall–Kier alpha value is -3.12. The first-order chi connectivity index (χ1) is 13.9. The zero-order chi connectivity index (χ0) is 20.3. The Labute approximate surface area is 175 Å². The van der Waals surface area contributed by atoms with Crippen molar-refractivity contribution in [1.82, 2.24) is 10.3 Å². The number of anilines is 1. The third kappa shape index (κ3) is 2.83. The number of amides is 1. The lowest BCUT2D eigenvalue weighted by atomic mass is 10.0. The van der Waals surface area contributed by atoms with Gasteiger partial charge in [-0.3, -0.25) is 4.79 Å². The van der Waals surface area contributed by atoms with Gasteiger partial charge in [-0.2, -0.15) is 0 Å². The number of benzene rings is 3. The van der Waals surface area contributed by atoms with Crippen LogP contribution in [0.25, 0.3) is 32.7 Å². The Balaban J connectivity index is 1.48. The van der Waals surface area contributed by atoms with E-state index < -0.39 is 0 Å². The van der Waals surface area contributed by atoms with Gasteiger partial charge in [-0.25, -0.2) is 4.98 Å². The van der Waals surface area contributed by atoms with Crippen molar-refractivity contribution in [3.63, 3.8) is 0 Å². The molecule has 0 unspecified atom stereocenters. The fourth-order valence-electron chi connectivity index (χ4n) is 4.01. The molecular formula is C23H18BrN3O2. The monoisotopic (exact) mass is 447 g/mol. The van der Waals surface area contributed by atoms with E-state index in [9.17, 15) is 4.79 Å². The Morgan fingerprint density at radius 3 is 2.48 bits per heavy atom. The van der Waals surface area contributed by atoms with Gasteiger partial charge in [0.25, 0.3) is 5.91 Å². The van der Waals surface area contributed by atoms with Crippen LogP contribution in [0.5, 0.6) is 0 Å². The standard InChI is InChI=1S/C23H18BrN3O2/c1-11-7-20(25)27-12(2)19(11)10-26-23(28)13-3-5-15-17(8-13)22-18-9-14(24)4-6-16(18)21(15)29-22/h3-9H,10H2,1-2H3,(H2,25,27)(H,26,28). The zero-order valence-corrected chi connectivity index (χ0v) is 17.6. The minimum atomic E-state index is -0.133. The summed E-state index contributed by atoms with van der Waals surface area (Å²) in [5.74, 6) is 0.358. The lowest BCUT2D eigenvalue weighted by Crippen LogP contribution is -2.24. The molecule has 0 fully saturated rings. The maximum Gasteiger partial charge on any atom is 0.251 e. The summed E-state index contributed by atoms with van der Waals surface area (Å²) in [4.78, 5) is 17.1. The molecule has 5 rings (SSSR count). The van der Waals surface area contributed by atoms with Crippen LogP contribution in [0.15, 0.2) is 51.4 Å². The van der Waals surface area contributed by atoms with E-state index in [0.717, 1.165) is 54.0 Å². The molecular weight excluding hydrogens is 430 g/mol. The van der Waals surface area contributed by atoms with Crippen LogP contribution in [-0.2, 0) is 6.54 Å². The summed E-state index contributed by atoms with van der Waals surface area (Å²) in [6, 6.07) is 13.6. The van der Waals surface area contributed by atoms with E-state index in [1.807, 2.05) is 50.2 Å². The van der Waals surface area contributed by atoms with Crippen LogP contribution in [0.1, 0.15) is 27.2 Å². The molecule has 0 atom stereocenters. The third-order valence-electron chi connectivity index (χ3n) is 5.45. The zero-order valence-electron chi connectivity index (χ0n) is 16.0. The summed E-state index contributed by atoms with van der Waals surface area (Å²) in [6.45, 7) is 4.28. The summed E-state index contributed by atoms with van der Waals surface area (Å²) in [6.07, 6.45) is 0. The van der Waals surface area contributed by atoms with Crippen molar-refractivity contribution in [2.45, 2.75) is 20.4 Å². The summed E-state index contributed by atoms with van der Waals surface area (Å²) in [5, 5.41) is 7.13. The highest BCUT2D eigenvalue weighted by atomic mass is 79.9. The summed E-state index contributed by atoms with van der Waals surface area (Å²) >= 11 is 3.52. The van der Waals surface area contributed by atoms with Crippen LogP contribution in [0, 0.1) is 13.8 Å². The van der Waals surface area contributed by atoms with Gasteiger partial charge in [0.1, 0.15) is 17.0 Å². The number of nitrogen functional groups attached to an aromatic ring is 1. The summed E-state index contributed by atoms with van der Waals surface area (Å²) in [5.41, 5.74) is 10.9. The fourth-order valence-corrected chi connectivity index (χ4v) is 4.37. The largest absolute Gasteiger partial charge is 0.455 e. The van der Waals surface area contributed by atoms with E-state index >= 15 is 0 Å². The van der Waals surface area contributed by atoms with Crippen LogP contribution in [-0.4, -0.2) is 10.9 Å². The van der Waals surface area contributed by atoms with Crippen molar-refractivity contribution < 1.29 is 9.21 Å². The topological polar surface area (TPSA) is 81.1 Å². The van der Waals surface area contributed by atoms with Gasteiger partial charge < -0.3 is 15.5 Å². The molecule has 3 aromatic heterocycles. The number of aryl methyl sites for hydroxylation is 2. The number of fused-ring (bicyclic) bond motifs is 8. The third-order valence-corrected chi connectivity index (χ3v) is 5.94. The van der Waals surface area contributed by atoms with Crippen LogP contribution in [0.4, 0.5) is 5.82 Å². The number of nitrogens with zero attached hydrogens (tertiary/aromatic N) is 1. The first-order valence-corrected chi connectivity index (χ1v) is 10.1. The minimum absolute atomic E-state index is 0.133. The summed E-state index contributed by atoms with van der Waals surface area (Å²) in [7, 11) is 0. The van der Waals surface area contributed by atoms with Crippen LogP contribution >= 0.6 is 15.9 Å².